The van der Waals surface area contributed by atoms with Crippen LogP contribution in [0.2, 0.25) is 0 Å². The average Bonchev–Trinajstić information content (AvgIpc) is 2.37. The highest BCUT2D eigenvalue weighted by molar-refractivity contribution is 5.97. The van der Waals surface area contributed by atoms with Crippen molar-refractivity contribution in [3.05, 3.63) is 39.4 Å². The van der Waals surface area contributed by atoms with Crippen molar-refractivity contribution < 1.29 is 23.3 Å². The number of benzene rings is 1. The van der Waals surface area contributed by atoms with E-state index in [-0.39, 0.29) is 0 Å². The molecule has 0 bridgehead atoms. The molecule has 2 amide bonds. The SMILES string of the molecule is CN(C)C(=O)CN(C)C(=O)c1c(F)ccc([N+](=O)[O-])c1F. The Balaban J connectivity index is 3.15. The number of amides is 2. The van der Waals surface area contributed by atoms with E-state index in [1.807, 2.05) is 0 Å². The van der Waals surface area contributed by atoms with Crippen LogP contribution in [0.15, 0.2) is 12.1 Å². The Labute approximate surface area is 118 Å². The standard InChI is InChI=1S/C12H13F2N3O4/c1-15(2)9(18)6-16(3)12(19)10-7(13)4-5-8(11(10)14)17(20)21/h4-5H,6H2,1-3H3. The molecule has 0 atom stereocenters. The number of halogens is 2. The molecule has 0 fully saturated rings. The zero-order valence-corrected chi connectivity index (χ0v) is 11.6. The zero-order valence-electron chi connectivity index (χ0n) is 11.6. The number of hydrogen-bond acceptors (Lipinski definition) is 4. The van der Waals surface area contributed by atoms with E-state index in [0.29, 0.717) is 12.1 Å². The fourth-order valence-electron chi connectivity index (χ4n) is 1.49. The number of rotatable bonds is 4. The third-order valence-electron chi connectivity index (χ3n) is 2.70. The van der Waals surface area contributed by atoms with Crippen molar-refractivity contribution in [1.82, 2.24) is 9.80 Å². The lowest BCUT2D eigenvalue weighted by Gasteiger charge is -2.19. The Morgan fingerprint density at radius 3 is 2.29 bits per heavy atom. The van der Waals surface area contributed by atoms with Crippen molar-refractivity contribution >= 4 is 17.5 Å². The first kappa shape index (κ1) is 16.5. The van der Waals surface area contributed by atoms with Crippen molar-refractivity contribution in [2.75, 3.05) is 27.7 Å². The molecule has 0 saturated heterocycles. The molecule has 21 heavy (non-hydrogen) atoms. The van der Waals surface area contributed by atoms with Crippen molar-refractivity contribution in [2.24, 2.45) is 0 Å². The van der Waals surface area contributed by atoms with Gasteiger partial charge in [0.2, 0.25) is 11.7 Å². The lowest BCUT2D eigenvalue weighted by Crippen LogP contribution is -2.38. The zero-order chi connectivity index (χ0) is 16.3. The maximum atomic E-state index is 13.9. The van der Waals surface area contributed by atoms with Gasteiger partial charge in [-0.3, -0.25) is 19.7 Å². The van der Waals surface area contributed by atoms with Crippen LogP contribution in [-0.4, -0.2) is 54.2 Å². The molecule has 0 heterocycles. The topological polar surface area (TPSA) is 83.8 Å². The second-order valence-corrected chi connectivity index (χ2v) is 4.46. The molecule has 7 nitrogen and oxygen atoms in total. The number of carbonyl (C=O) groups is 2. The second-order valence-electron chi connectivity index (χ2n) is 4.46. The molecule has 0 N–H and O–H groups in total. The summed E-state index contributed by atoms with van der Waals surface area (Å²) in [4.78, 5) is 35.0. The van der Waals surface area contributed by atoms with E-state index in [2.05, 4.69) is 0 Å². The van der Waals surface area contributed by atoms with Gasteiger partial charge in [-0.05, 0) is 6.07 Å². The van der Waals surface area contributed by atoms with Crippen LogP contribution in [-0.2, 0) is 4.79 Å². The van der Waals surface area contributed by atoms with Gasteiger partial charge in [-0.15, -0.1) is 0 Å². The molecule has 1 aromatic carbocycles. The predicted octanol–water partition coefficient (Wildman–Crippen LogP) is 1.03. The number of nitro groups is 1. The van der Waals surface area contributed by atoms with Crippen LogP contribution >= 0.6 is 0 Å². The smallest absolute Gasteiger partial charge is 0.305 e. The Bertz CT molecular complexity index is 604. The van der Waals surface area contributed by atoms with E-state index in [9.17, 15) is 28.5 Å². The van der Waals surface area contributed by atoms with Crippen LogP contribution in [0.4, 0.5) is 14.5 Å². The molecule has 1 aromatic rings. The quantitative estimate of drug-likeness (QED) is 0.614. The van der Waals surface area contributed by atoms with Gasteiger partial charge in [-0.2, -0.15) is 4.39 Å². The molecule has 9 heteroatoms. The van der Waals surface area contributed by atoms with Crippen molar-refractivity contribution in [2.45, 2.75) is 0 Å². The lowest BCUT2D eigenvalue weighted by atomic mass is 10.1. The van der Waals surface area contributed by atoms with Crippen LogP contribution in [0.3, 0.4) is 0 Å². The van der Waals surface area contributed by atoms with Gasteiger partial charge in [0.25, 0.3) is 5.91 Å². The Morgan fingerprint density at radius 1 is 1.24 bits per heavy atom. The van der Waals surface area contributed by atoms with Gasteiger partial charge in [-0.1, -0.05) is 0 Å². The largest absolute Gasteiger partial charge is 0.347 e. The van der Waals surface area contributed by atoms with Crippen LogP contribution in [0.25, 0.3) is 0 Å². The van der Waals surface area contributed by atoms with Crippen molar-refractivity contribution in [1.29, 1.82) is 0 Å². The van der Waals surface area contributed by atoms with Crippen molar-refractivity contribution in [3.8, 4) is 0 Å². The fourth-order valence-corrected chi connectivity index (χ4v) is 1.49. The monoisotopic (exact) mass is 301 g/mol. The molecule has 0 unspecified atom stereocenters. The molecule has 0 aliphatic carbocycles. The van der Waals surface area contributed by atoms with Gasteiger partial charge in [0.1, 0.15) is 11.4 Å². The fraction of sp³-hybridized carbons (Fsp3) is 0.333. The Hall–Kier alpha value is -2.58. The molecule has 0 radical (unpaired) electrons. The van der Waals surface area contributed by atoms with Crippen LogP contribution in [0, 0.1) is 21.7 Å². The molecule has 1 rings (SSSR count). The van der Waals surface area contributed by atoms with Gasteiger partial charge in [0, 0.05) is 27.2 Å². The lowest BCUT2D eigenvalue weighted by molar-refractivity contribution is -0.387. The predicted molar refractivity (Wildman–Crippen MR) is 68.7 cm³/mol. The summed E-state index contributed by atoms with van der Waals surface area (Å²) in [5, 5.41) is 10.6. The van der Waals surface area contributed by atoms with Gasteiger partial charge >= 0.3 is 5.69 Å². The summed E-state index contributed by atoms with van der Waals surface area (Å²) in [5.74, 6) is -4.40. The van der Waals surface area contributed by atoms with Crippen molar-refractivity contribution in [3.63, 3.8) is 0 Å². The van der Waals surface area contributed by atoms with E-state index in [0.717, 1.165) is 4.90 Å². The van der Waals surface area contributed by atoms with Gasteiger partial charge in [0.05, 0.1) is 11.5 Å². The second kappa shape index (κ2) is 6.25. The minimum atomic E-state index is -1.56. The van der Waals surface area contributed by atoms with Crippen LogP contribution in [0.1, 0.15) is 10.4 Å². The molecule has 0 saturated carbocycles. The maximum absolute atomic E-state index is 13.9. The minimum absolute atomic E-state index is 0.409. The third-order valence-corrected chi connectivity index (χ3v) is 2.70. The molecule has 0 aromatic heterocycles. The molecular formula is C12H13F2N3O4. The highest BCUT2D eigenvalue weighted by Crippen LogP contribution is 2.24. The maximum Gasteiger partial charge on any atom is 0.305 e. The average molecular weight is 301 g/mol. The first-order chi connectivity index (χ1) is 9.66. The van der Waals surface area contributed by atoms with E-state index in [1.165, 1.54) is 26.0 Å². The summed E-state index contributed by atoms with van der Waals surface area (Å²) < 4.78 is 27.5. The van der Waals surface area contributed by atoms with Crippen LogP contribution < -0.4 is 0 Å². The first-order valence-electron chi connectivity index (χ1n) is 5.74. The van der Waals surface area contributed by atoms with Gasteiger partial charge in [0.15, 0.2) is 0 Å². The van der Waals surface area contributed by atoms with Gasteiger partial charge < -0.3 is 9.80 Å². The Kier molecular flexibility index (Phi) is 4.90. The van der Waals surface area contributed by atoms with Gasteiger partial charge in [-0.25, -0.2) is 4.39 Å². The van der Waals surface area contributed by atoms with E-state index in [4.69, 9.17) is 0 Å². The molecule has 0 spiro atoms. The molecule has 0 aliphatic heterocycles. The third kappa shape index (κ3) is 3.50. The summed E-state index contributed by atoms with van der Waals surface area (Å²) in [5.41, 5.74) is -2.06. The summed E-state index contributed by atoms with van der Waals surface area (Å²) in [6.07, 6.45) is 0. The summed E-state index contributed by atoms with van der Waals surface area (Å²) in [6, 6.07) is 1.27. The highest BCUT2D eigenvalue weighted by Gasteiger charge is 2.28. The summed E-state index contributed by atoms with van der Waals surface area (Å²) in [7, 11) is 4.08. The van der Waals surface area contributed by atoms with Crippen LogP contribution in [0.5, 0.6) is 0 Å². The number of nitrogens with zero attached hydrogens (tertiary/aromatic N) is 3. The number of hydrogen-bond donors (Lipinski definition) is 0. The number of carbonyl (C=O) groups excluding carboxylic acids is 2. The normalized spacial score (nSPS) is 10.1. The number of likely N-dealkylation sites (N-methyl/N-ethyl adjacent to an activating group) is 2. The summed E-state index contributed by atoms with van der Waals surface area (Å²) in [6.45, 7) is -0.409. The number of nitro benzene ring substituents is 1. The highest BCUT2D eigenvalue weighted by atomic mass is 19.1. The first-order valence-corrected chi connectivity index (χ1v) is 5.74. The Morgan fingerprint density at radius 2 is 1.81 bits per heavy atom. The molecule has 0 aliphatic rings. The van der Waals surface area contributed by atoms with E-state index >= 15 is 0 Å². The van der Waals surface area contributed by atoms with E-state index < -0.39 is 46.2 Å². The molecule has 114 valence electrons. The summed E-state index contributed by atoms with van der Waals surface area (Å²) >= 11 is 0. The minimum Gasteiger partial charge on any atom is -0.347 e. The van der Waals surface area contributed by atoms with E-state index in [1.54, 1.807) is 0 Å². The molecular weight excluding hydrogens is 288 g/mol.